The lowest BCUT2D eigenvalue weighted by atomic mass is 10.1. The Bertz CT molecular complexity index is 893. The van der Waals surface area contributed by atoms with Crippen LogP contribution in [0.2, 0.25) is 0 Å². The summed E-state index contributed by atoms with van der Waals surface area (Å²) < 4.78 is 32.5. The standard InChI is InChI=1S/C30H50N2O9/c1-29(2,3)40-27(34)22-38-19-18-37-17-16-36-15-7-8-23-9-11-24(12-10-23)20-39-21-25(13-14-26(31)33)32-28(35)41-30(4,5)6/h9-12,25H,7-8,13-22H2,1-6H3,(H2,31,33)(H,32,35). The van der Waals surface area contributed by atoms with Crippen LogP contribution in [0.1, 0.15) is 71.9 Å². The van der Waals surface area contributed by atoms with Gasteiger partial charge in [0.2, 0.25) is 5.91 Å². The molecule has 0 aromatic heterocycles. The van der Waals surface area contributed by atoms with Gasteiger partial charge >= 0.3 is 12.1 Å². The third kappa shape index (κ3) is 21.7. The molecule has 1 rings (SSSR count). The van der Waals surface area contributed by atoms with Crippen LogP contribution in [-0.2, 0) is 51.0 Å². The molecule has 3 N–H and O–H groups in total. The lowest BCUT2D eigenvalue weighted by molar-refractivity contribution is -0.160. The minimum Gasteiger partial charge on any atom is -0.458 e. The number of amides is 2. The first-order valence-corrected chi connectivity index (χ1v) is 14.1. The van der Waals surface area contributed by atoms with Gasteiger partial charge in [-0.05, 0) is 71.9 Å². The van der Waals surface area contributed by atoms with E-state index in [-0.39, 0.29) is 31.6 Å². The molecule has 0 saturated carbocycles. The van der Waals surface area contributed by atoms with Crippen molar-refractivity contribution >= 4 is 18.0 Å². The Kier molecular flexibility index (Phi) is 17.2. The molecule has 0 aliphatic rings. The monoisotopic (exact) mass is 582 g/mol. The molecule has 234 valence electrons. The highest BCUT2D eigenvalue weighted by atomic mass is 16.6. The highest BCUT2D eigenvalue weighted by molar-refractivity contribution is 5.74. The number of aryl methyl sites for hydroxylation is 1. The van der Waals surface area contributed by atoms with Gasteiger partial charge in [0.05, 0.1) is 45.7 Å². The number of hydrogen-bond donors (Lipinski definition) is 2. The Morgan fingerprint density at radius 1 is 0.780 bits per heavy atom. The molecule has 0 radical (unpaired) electrons. The average Bonchev–Trinajstić information content (AvgIpc) is 2.84. The number of nitrogens with one attached hydrogen (secondary N) is 1. The third-order valence-electron chi connectivity index (χ3n) is 5.21. The van der Waals surface area contributed by atoms with Crippen molar-refractivity contribution in [2.45, 2.75) is 91.1 Å². The topological polar surface area (TPSA) is 145 Å². The number of carbonyl (C=O) groups excluding carboxylic acids is 3. The second-order valence-electron chi connectivity index (χ2n) is 11.6. The number of benzene rings is 1. The van der Waals surface area contributed by atoms with E-state index in [0.717, 1.165) is 18.4 Å². The lowest BCUT2D eigenvalue weighted by Crippen LogP contribution is -2.42. The zero-order valence-electron chi connectivity index (χ0n) is 25.6. The Labute approximate surface area is 244 Å². The molecule has 1 atom stereocenters. The van der Waals surface area contributed by atoms with Crippen molar-refractivity contribution in [2.75, 3.05) is 46.2 Å². The predicted octanol–water partition coefficient (Wildman–Crippen LogP) is 3.69. The zero-order chi connectivity index (χ0) is 30.7. The number of primary amides is 1. The number of rotatable bonds is 20. The van der Waals surface area contributed by atoms with Crippen LogP contribution in [0.25, 0.3) is 0 Å². The van der Waals surface area contributed by atoms with Gasteiger partial charge in [0.25, 0.3) is 0 Å². The molecular formula is C30H50N2O9. The number of nitrogens with two attached hydrogens (primary N) is 1. The van der Waals surface area contributed by atoms with Gasteiger partial charge in [-0.15, -0.1) is 0 Å². The molecular weight excluding hydrogens is 532 g/mol. The summed E-state index contributed by atoms with van der Waals surface area (Å²) in [6.45, 7) is 13.6. The molecule has 0 fully saturated rings. The van der Waals surface area contributed by atoms with Gasteiger partial charge in [-0.3, -0.25) is 4.79 Å². The quantitative estimate of drug-likeness (QED) is 0.174. The second kappa shape index (κ2) is 19.4. The summed E-state index contributed by atoms with van der Waals surface area (Å²) in [6, 6.07) is 7.74. The van der Waals surface area contributed by atoms with Gasteiger partial charge in [0.15, 0.2) is 0 Å². The van der Waals surface area contributed by atoms with Crippen molar-refractivity contribution in [1.29, 1.82) is 0 Å². The van der Waals surface area contributed by atoms with E-state index in [1.54, 1.807) is 20.8 Å². The lowest BCUT2D eigenvalue weighted by Gasteiger charge is -2.23. The van der Waals surface area contributed by atoms with Crippen molar-refractivity contribution in [1.82, 2.24) is 5.32 Å². The molecule has 0 heterocycles. The fourth-order valence-corrected chi connectivity index (χ4v) is 3.45. The SMILES string of the molecule is CC(C)(C)OC(=O)COCCOCCOCCCc1ccc(COCC(CCC(N)=O)NC(=O)OC(C)(C)C)cc1. The molecule has 1 aromatic carbocycles. The second-order valence-corrected chi connectivity index (χ2v) is 11.6. The van der Waals surface area contributed by atoms with E-state index >= 15 is 0 Å². The number of alkyl carbamates (subject to hydrolysis) is 1. The van der Waals surface area contributed by atoms with Crippen LogP contribution in [0.3, 0.4) is 0 Å². The molecule has 0 aliphatic carbocycles. The summed E-state index contributed by atoms with van der Waals surface area (Å²) >= 11 is 0. The maximum absolute atomic E-state index is 12.1. The maximum atomic E-state index is 12.1. The van der Waals surface area contributed by atoms with E-state index in [4.69, 9.17) is 34.2 Å². The first-order valence-electron chi connectivity index (χ1n) is 14.1. The molecule has 0 saturated heterocycles. The van der Waals surface area contributed by atoms with Crippen molar-refractivity contribution in [3.05, 3.63) is 35.4 Å². The first kappa shape index (κ1) is 36.3. The van der Waals surface area contributed by atoms with Crippen LogP contribution in [0, 0.1) is 0 Å². The Morgan fingerprint density at radius 3 is 1.93 bits per heavy atom. The highest BCUT2D eigenvalue weighted by Crippen LogP contribution is 2.11. The summed E-state index contributed by atoms with van der Waals surface area (Å²) in [4.78, 5) is 34.8. The van der Waals surface area contributed by atoms with Crippen LogP contribution in [0.4, 0.5) is 4.79 Å². The Balaban J connectivity index is 2.17. The number of carbonyl (C=O) groups is 3. The van der Waals surface area contributed by atoms with Crippen molar-refractivity contribution in [3.8, 4) is 0 Å². The van der Waals surface area contributed by atoms with Gasteiger partial charge < -0.3 is 39.5 Å². The summed E-state index contributed by atoms with van der Waals surface area (Å²) in [5.74, 6) is -0.825. The largest absolute Gasteiger partial charge is 0.458 e. The molecule has 0 bridgehead atoms. The van der Waals surface area contributed by atoms with Gasteiger partial charge in [0, 0.05) is 13.0 Å². The number of ether oxygens (including phenoxy) is 6. The Morgan fingerprint density at radius 2 is 1.34 bits per heavy atom. The maximum Gasteiger partial charge on any atom is 0.407 e. The zero-order valence-corrected chi connectivity index (χ0v) is 25.6. The molecule has 11 nitrogen and oxygen atoms in total. The third-order valence-corrected chi connectivity index (χ3v) is 5.21. The molecule has 41 heavy (non-hydrogen) atoms. The van der Waals surface area contributed by atoms with E-state index in [0.29, 0.717) is 46.1 Å². The van der Waals surface area contributed by atoms with E-state index in [9.17, 15) is 14.4 Å². The molecule has 0 aliphatic heterocycles. The smallest absolute Gasteiger partial charge is 0.407 e. The van der Waals surface area contributed by atoms with Gasteiger partial charge in [-0.25, -0.2) is 9.59 Å². The highest BCUT2D eigenvalue weighted by Gasteiger charge is 2.20. The number of hydrogen-bond acceptors (Lipinski definition) is 9. The summed E-state index contributed by atoms with van der Waals surface area (Å²) in [5.41, 5.74) is 6.32. The first-order chi connectivity index (χ1) is 19.2. The van der Waals surface area contributed by atoms with Crippen molar-refractivity contribution in [2.24, 2.45) is 5.73 Å². The fraction of sp³-hybridized carbons (Fsp3) is 0.700. The molecule has 1 unspecified atom stereocenters. The summed E-state index contributed by atoms with van der Waals surface area (Å²) in [5, 5.41) is 2.75. The van der Waals surface area contributed by atoms with Crippen LogP contribution >= 0.6 is 0 Å². The summed E-state index contributed by atoms with van der Waals surface area (Å²) in [7, 11) is 0. The van der Waals surface area contributed by atoms with Crippen molar-refractivity contribution in [3.63, 3.8) is 0 Å². The summed E-state index contributed by atoms with van der Waals surface area (Å²) in [6.07, 6.45) is 1.72. The normalized spacial score (nSPS) is 12.5. The van der Waals surface area contributed by atoms with Gasteiger partial charge in [-0.2, -0.15) is 0 Å². The van der Waals surface area contributed by atoms with E-state index in [1.165, 1.54) is 5.56 Å². The Hall–Kier alpha value is -2.73. The van der Waals surface area contributed by atoms with Crippen LogP contribution in [-0.4, -0.2) is 81.5 Å². The molecule has 11 heteroatoms. The molecule has 0 spiro atoms. The van der Waals surface area contributed by atoms with Crippen LogP contribution in [0.15, 0.2) is 24.3 Å². The van der Waals surface area contributed by atoms with E-state index < -0.39 is 23.2 Å². The van der Waals surface area contributed by atoms with E-state index in [1.807, 2.05) is 32.9 Å². The van der Waals surface area contributed by atoms with Gasteiger partial charge in [-0.1, -0.05) is 24.3 Å². The predicted molar refractivity (Wildman–Crippen MR) is 154 cm³/mol. The van der Waals surface area contributed by atoms with Crippen LogP contribution in [0.5, 0.6) is 0 Å². The number of esters is 1. The molecule has 1 aromatic rings. The van der Waals surface area contributed by atoms with Gasteiger partial charge in [0.1, 0.15) is 17.8 Å². The van der Waals surface area contributed by atoms with Crippen LogP contribution < -0.4 is 11.1 Å². The molecule has 2 amide bonds. The minimum absolute atomic E-state index is 0.0860. The van der Waals surface area contributed by atoms with E-state index in [2.05, 4.69) is 17.4 Å². The van der Waals surface area contributed by atoms with Crippen molar-refractivity contribution < 1.29 is 42.8 Å². The minimum atomic E-state index is -0.621. The fourth-order valence-electron chi connectivity index (χ4n) is 3.45. The average molecular weight is 583 g/mol.